The van der Waals surface area contributed by atoms with Crippen LogP contribution in [0.4, 0.5) is 5.69 Å². The molecule has 0 atom stereocenters. The van der Waals surface area contributed by atoms with Crippen molar-refractivity contribution in [1.29, 1.82) is 0 Å². The normalized spacial score (nSPS) is 15.4. The van der Waals surface area contributed by atoms with E-state index in [0.717, 1.165) is 19.4 Å². The lowest BCUT2D eigenvalue weighted by Crippen LogP contribution is -2.41. The molecule has 0 bridgehead atoms. The molecule has 1 fully saturated rings. The van der Waals surface area contributed by atoms with Crippen molar-refractivity contribution in [3.05, 3.63) is 23.8 Å². The largest absolute Gasteiger partial charge is 0.496 e. The van der Waals surface area contributed by atoms with Gasteiger partial charge in [-0.15, -0.1) is 0 Å². The molecule has 21 heavy (non-hydrogen) atoms. The fourth-order valence-corrected chi connectivity index (χ4v) is 3.05. The number of nitrogens with two attached hydrogens (primary N) is 1. The SMILES string of the molecule is COc1cc(N)ccc1C(=O)N(CC(C)C)C1CCCC1. The summed E-state index contributed by atoms with van der Waals surface area (Å²) in [7, 11) is 1.58. The highest BCUT2D eigenvalue weighted by atomic mass is 16.5. The van der Waals surface area contributed by atoms with Gasteiger partial charge in [-0.3, -0.25) is 4.79 Å². The topological polar surface area (TPSA) is 55.6 Å². The average Bonchev–Trinajstić information content (AvgIpc) is 2.97. The zero-order valence-electron chi connectivity index (χ0n) is 13.3. The first-order valence-electron chi connectivity index (χ1n) is 7.77. The molecule has 0 saturated heterocycles. The van der Waals surface area contributed by atoms with Gasteiger partial charge in [0.15, 0.2) is 0 Å². The zero-order valence-corrected chi connectivity index (χ0v) is 13.3. The van der Waals surface area contributed by atoms with Crippen LogP contribution < -0.4 is 10.5 Å². The zero-order chi connectivity index (χ0) is 15.4. The van der Waals surface area contributed by atoms with Crippen LogP contribution >= 0.6 is 0 Å². The number of anilines is 1. The minimum Gasteiger partial charge on any atom is -0.496 e. The molecule has 116 valence electrons. The maximum Gasteiger partial charge on any atom is 0.257 e. The van der Waals surface area contributed by atoms with Crippen LogP contribution in [0, 0.1) is 5.92 Å². The number of nitrogen functional groups attached to an aromatic ring is 1. The number of carbonyl (C=O) groups is 1. The van der Waals surface area contributed by atoms with E-state index in [1.165, 1.54) is 12.8 Å². The number of ether oxygens (including phenoxy) is 1. The molecule has 0 heterocycles. The summed E-state index contributed by atoms with van der Waals surface area (Å²) in [4.78, 5) is 15.0. The number of hydrogen-bond acceptors (Lipinski definition) is 3. The predicted octanol–water partition coefficient (Wildman–Crippen LogP) is 3.32. The highest BCUT2D eigenvalue weighted by Crippen LogP contribution is 2.29. The molecule has 1 aliphatic rings. The lowest BCUT2D eigenvalue weighted by atomic mass is 10.1. The van der Waals surface area contributed by atoms with E-state index in [1.807, 2.05) is 4.90 Å². The van der Waals surface area contributed by atoms with Gasteiger partial charge >= 0.3 is 0 Å². The lowest BCUT2D eigenvalue weighted by molar-refractivity contribution is 0.0652. The Balaban J connectivity index is 2.28. The number of methoxy groups -OCH3 is 1. The minimum atomic E-state index is 0.0625. The van der Waals surface area contributed by atoms with Gasteiger partial charge in [-0.25, -0.2) is 0 Å². The molecule has 0 unspecified atom stereocenters. The molecule has 1 aromatic carbocycles. The Morgan fingerprint density at radius 3 is 2.62 bits per heavy atom. The number of hydrogen-bond donors (Lipinski definition) is 1. The Hall–Kier alpha value is -1.71. The van der Waals surface area contributed by atoms with Crippen LogP contribution in [-0.4, -0.2) is 30.5 Å². The number of benzene rings is 1. The standard InChI is InChI=1S/C17H26N2O2/c1-12(2)11-19(14-6-4-5-7-14)17(20)15-9-8-13(18)10-16(15)21-3/h8-10,12,14H,4-7,11,18H2,1-3H3. The number of amides is 1. The van der Waals surface area contributed by atoms with Gasteiger partial charge in [0.1, 0.15) is 5.75 Å². The second-order valence-corrected chi connectivity index (χ2v) is 6.25. The molecule has 1 saturated carbocycles. The highest BCUT2D eigenvalue weighted by molar-refractivity contribution is 5.97. The first kappa shape index (κ1) is 15.7. The molecular weight excluding hydrogens is 264 g/mol. The van der Waals surface area contributed by atoms with Crippen molar-refractivity contribution < 1.29 is 9.53 Å². The van der Waals surface area contributed by atoms with E-state index in [-0.39, 0.29) is 5.91 Å². The summed E-state index contributed by atoms with van der Waals surface area (Å²) in [5, 5.41) is 0. The molecule has 4 heteroatoms. The van der Waals surface area contributed by atoms with Crippen LogP contribution in [-0.2, 0) is 0 Å². The van der Waals surface area contributed by atoms with Crippen LogP contribution in [0.2, 0.25) is 0 Å². The monoisotopic (exact) mass is 290 g/mol. The molecular formula is C17H26N2O2. The second-order valence-electron chi connectivity index (χ2n) is 6.25. The van der Waals surface area contributed by atoms with E-state index in [0.29, 0.717) is 29.0 Å². The Morgan fingerprint density at radius 1 is 1.38 bits per heavy atom. The third-order valence-electron chi connectivity index (χ3n) is 4.04. The van der Waals surface area contributed by atoms with Crippen LogP contribution in [0.3, 0.4) is 0 Å². The summed E-state index contributed by atoms with van der Waals surface area (Å²) >= 11 is 0. The van der Waals surface area contributed by atoms with Gasteiger partial charge in [-0.2, -0.15) is 0 Å². The summed E-state index contributed by atoms with van der Waals surface area (Å²) in [6.45, 7) is 5.09. The quantitative estimate of drug-likeness (QED) is 0.846. The van der Waals surface area contributed by atoms with E-state index in [1.54, 1.807) is 25.3 Å². The Labute approximate surface area is 127 Å². The third kappa shape index (κ3) is 3.69. The van der Waals surface area contributed by atoms with E-state index < -0.39 is 0 Å². The number of nitrogens with zero attached hydrogens (tertiary/aromatic N) is 1. The van der Waals surface area contributed by atoms with E-state index >= 15 is 0 Å². The average molecular weight is 290 g/mol. The summed E-state index contributed by atoms with van der Waals surface area (Å²) in [5.41, 5.74) is 7.00. The van der Waals surface area contributed by atoms with Crippen molar-refractivity contribution >= 4 is 11.6 Å². The summed E-state index contributed by atoms with van der Waals surface area (Å²) < 4.78 is 5.34. The smallest absolute Gasteiger partial charge is 0.257 e. The van der Waals surface area contributed by atoms with Gasteiger partial charge < -0.3 is 15.4 Å². The molecule has 0 radical (unpaired) electrons. The van der Waals surface area contributed by atoms with E-state index in [2.05, 4.69) is 13.8 Å². The van der Waals surface area contributed by atoms with Crippen LogP contribution in [0.25, 0.3) is 0 Å². The molecule has 1 aliphatic carbocycles. The molecule has 2 N–H and O–H groups in total. The second kappa shape index (κ2) is 6.83. The maximum absolute atomic E-state index is 13.0. The third-order valence-corrected chi connectivity index (χ3v) is 4.04. The summed E-state index contributed by atoms with van der Waals surface area (Å²) in [6, 6.07) is 5.62. The molecule has 1 aromatic rings. The Bertz CT molecular complexity index is 494. The van der Waals surface area contributed by atoms with Gasteiger partial charge in [0, 0.05) is 24.3 Å². The summed E-state index contributed by atoms with van der Waals surface area (Å²) in [6.07, 6.45) is 4.64. The molecule has 1 amide bonds. The number of rotatable bonds is 5. The molecule has 4 nitrogen and oxygen atoms in total. The lowest BCUT2D eigenvalue weighted by Gasteiger charge is -2.31. The Morgan fingerprint density at radius 2 is 2.05 bits per heavy atom. The van der Waals surface area contributed by atoms with Gasteiger partial charge in [0.25, 0.3) is 5.91 Å². The molecule has 0 aliphatic heterocycles. The Kier molecular flexibility index (Phi) is 5.10. The molecule has 0 aromatic heterocycles. The van der Waals surface area contributed by atoms with Crippen molar-refractivity contribution in [2.45, 2.75) is 45.6 Å². The van der Waals surface area contributed by atoms with Crippen molar-refractivity contribution in [2.75, 3.05) is 19.4 Å². The highest BCUT2D eigenvalue weighted by Gasteiger charge is 2.29. The first-order chi connectivity index (χ1) is 10.0. The van der Waals surface area contributed by atoms with E-state index in [9.17, 15) is 4.79 Å². The predicted molar refractivity (Wildman–Crippen MR) is 85.5 cm³/mol. The van der Waals surface area contributed by atoms with Crippen molar-refractivity contribution in [3.8, 4) is 5.75 Å². The van der Waals surface area contributed by atoms with Gasteiger partial charge in [-0.05, 0) is 30.9 Å². The van der Waals surface area contributed by atoms with Crippen molar-refractivity contribution in [2.24, 2.45) is 5.92 Å². The number of carbonyl (C=O) groups excluding carboxylic acids is 1. The van der Waals surface area contributed by atoms with Crippen LogP contribution in [0.1, 0.15) is 49.9 Å². The van der Waals surface area contributed by atoms with E-state index in [4.69, 9.17) is 10.5 Å². The molecule has 2 rings (SSSR count). The fraction of sp³-hybridized carbons (Fsp3) is 0.588. The molecule has 0 spiro atoms. The fourth-order valence-electron chi connectivity index (χ4n) is 3.05. The summed E-state index contributed by atoms with van der Waals surface area (Å²) in [5.74, 6) is 1.08. The van der Waals surface area contributed by atoms with Crippen molar-refractivity contribution in [1.82, 2.24) is 4.90 Å². The van der Waals surface area contributed by atoms with Crippen LogP contribution in [0.5, 0.6) is 5.75 Å². The van der Waals surface area contributed by atoms with Gasteiger partial charge in [0.05, 0.1) is 12.7 Å². The maximum atomic E-state index is 13.0. The minimum absolute atomic E-state index is 0.0625. The first-order valence-corrected chi connectivity index (χ1v) is 7.77. The van der Waals surface area contributed by atoms with Crippen molar-refractivity contribution in [3.63, 3.8) is 0 Å². The van der Waals surface area contributed by atoms with Gasteiger partial charge in [-0.1, -0.05) is 26.7 Å². The van der Waals surface area contributed by atoms with Crippen LogP contribution in [0.15, 0.2) is 18.2 Å². The van der Waals surface area contributed by atoms with Gasteiger partial charge in [0.2, 0.25) is 0 Å².